The molecule has 1 aliphatic heterocycles. The zero-order valence-electron chi connectivity index (χ0n) is 4.37. The predicted octanol–water partition coefficient (Wildman–Crippen LogP) is 0.426. The van der Waals surface area contributed by atoms with Crippen LogP contribution in [0.2, 0.25) is 0 Å². The fourth-order valence-corrected chi connectivity index (χ4v) is 0.514. The minimum Gasteiger partial charge on any atom is -0.282 e. The summed E-state index contributed by atoms with van der Waals surface area (Å²) >= 11 is 0. The summed E-state index contributed by atoms with van der Waals surface area (Å²) in [6.45, 7) is 0.0875. The summed E-state index contributed by atoms with van der Waals surface area (Å²) in [5.41, 5.74) is 0. The first kappa shape index (κ1) is 6.54. The first-order valence-corrected chi connectivity index (χ1v) is 2.33. The molecule has 1 heterocycles. The van der Waals surface area contributed by atoms with Crippen LogP contribution in [0.4, 0.5) is 13.2 Å². The van der Waals surface area contributed by atoms with Gasteiger partial charge in [0.1, 0.15) is 0 Å². The van der Waals surface area contributed by atoms with Gasteiger partial charge >= 0.3 is 6.18 Å². The highest BCUT2D eigenvalue weighted by molar-refractivity contribution is 5.62. The summed E-state index contributed by atoms with van der Waals surface area (Å²) in [6.07, 6.45) is -3.81. The van der Waals surface area contributed by atoms with E-state index in [0.29, 0.717) is 0 Å². The lowest BCUT2D eigenvalue weighted by molar-refractivity contribution is -0.151. The highest BCUT2D eigenvalue weighted by Gasteiger charge is 2.40. The Morgan fingerprint density at radius 1 is 1.56 bits per heavy atom. The van der Waals surface area contributed by atoms with Gasteiger partial charge in [0.2, 0.25) is 0 Å². The predicted molar refractivity (Wildman–Crippen MR) is 25.3 cm³/mol. The maximum atomic E-state index is 11.6. The van der Waals surface area contributed by atoms with Crippen molar-refractivity contribution in [1.29, 1.82) is 0 Å². The maximum Gasteiger partial charge on any atom is 0.424 e. The lowest BCUT2D eigenvalue weighted by Crippen LogP contribution is -2.37. The molecule has 9 heavy (non-hydrogen) atoms. The van der Waals surface area contributed by atoms with E-state index in [1.54, 1.807) is 0 Å². The molecule has 0 aromatic heterocycles. The largest absolute Gasteiger partial charge is 0.424 e. The van der Waals surface area contributed by atoms with Crippen molar-refractivity contribution in [1.82, 2.24) is 5.32 Å². The molecule has 0 amide bonds. The van der Waals surface area contributed by atoms with Crippen molar-refractivity contribution in [3.63, 3.8) is 0 Å². The molecule has 2 nitrogen and oxygen atoms in total. The minimum atomic E-state index is -4.26. The molecule has 0 aromatic carbocycles. The molecule has 0 saturated heterocycles. The van der Waals surface area contributed by atoms with Crippen LogP contribution in [-0.2, 0) is 0 Å². The normalized spacial score (nSPS) is 27.2. The molecule has 0 aromatic rings. The average Bonchev–Trinajstić information content (AvgIpc) is 2.08. The van der Waals surface area contributed by atoms with Crippen molar-refractivity contribution in [2.24, 2.45) is 4.99 Å². The molecule has 0 bridgehead atoms. The molecular weight excluding hydrogens is 133 g/mol. The van der Waals surface area contributed by atoms with E-state index >= 15 is 0 Å². The molecule has 1 radical (unpaired) electrons. The van der Waals surface area contributed by atoms with E-state index in [-0.39, 0.29) is 6.54 Å². The van der Waals surface area contributed by atoms with Crippen molar-refractivity contribution in [2.75, 3.05) is 6.54 Å². The third-order valence-corrected chi connectivity index (χ3v) is 0.905. The van der Waals surface area contributed by atoms with E-state index < -0.39 is 12.3 Å². The topological polar surface area (TPSA) is 24.4 Å². The molecule has 1 atom stereocenters. The second kappa shape index (κ2) is 1.98. The van der Waals surface area contributed by atoms with Crippen molar-refractivity contribution >= 4 is 6.21 Å². The first-order valence-electron chi connectivity index (χ1n) is 2.33. The van der Waals surface area contributed by atoms with Crippen LogP contribution in [0.25, 0.3) is 0 Å². The van der Waals surface area contributed by atoms with Gasteiger partial charge < -0.3 is 0 Å². The van der Waals surface area contributed by atoms with E-state index in [4.69, 9.17) is 0 Å². The lowest BCUT2D eigenvalue weighted by atomic mass is 10.5. The van der Waals surface area contributed by atoms with Gasteiger partial charge in [-0.15, -0.1) is 0 Å². The van der Waals surface area contributed by atoms with Crippen LogP contribution in [0, 0.1) is 0 Å². The van der Waals surface area contributed by atoms with Crippen LogP contribution < -0.4 is 5.32 Å². The summed E-state index contributed by atoms with van der Waals surface area (Å²) in [5.74, 6) is 0. The summed E-state index contributed by atoms with van der Waals surface area (Å²) in [4.78, 5) is 3.02. The Bertz CT molecular complexity index is 128. The van der Waals surface area contributed by atoms with Gasteiger partial charge in [0.25, 0.3) is 0 Å². The number of aliphatic imine (C=N–C) groups is 1. The highest BCUT2D eigenvalue weighted by atomic mass is 19.4. The fraction of sp³-hybridized carbons (Fsp3) is 0.750. The number of hydrogen-bond acceptors (Lipinski definition) is 2. The summed E-state index contributed by atoms with van der Waals surface area (Å²) < 4.78 is 34.7. The van der Waals surface area contributed by atoms with E-state index in [1.165, 1.54) is 0 Å². The summed E-state index contributed by atoms with van der Waals surface area (Å²) in [5, 5.41) is 2.09. The minimum absolute atomic E-state index is 0.0875. The second-order valence-electron chi connectivity index (χ2n) is 1.61. The number of nitrogens with zero attached hydrogens (tertiary/aromatic N) is 1. The Morgan fingerprint density at radius 2 is 2.22 bits per heavy atom. The van der Waals surface area contributed by atoms with Crippen LogP contribution in [0.15, 0.2) is 4.99 Å². The third-order valence-electron chi connectivity index (χ3n) is 0.905. The molecule has 0 fully saturated rings. The van der Waals surface area contributed by atoms with Gasteiger partial charge in [0.15, 0.2) is 6.17 Å². The maximum absolute atomic E-state index is 11.6. The Balaban J connectivity index is 2.53. The second-order valence-corrected chi connectivity index (χ2v) is 1.61. The van der Waals surface area contributed by atoms with Gasteiger partial charge in [-0.3, -0.25) is 10.3 Å². The quantitative estimate of drug-likeness (QED) is 0.514. The molecule has 5 heteroatoms. The number of nitrogens with one attached hydrogen (secondary N) is 1. The molecular formula is C4H4F3N2. The monoisotopic (exact) mass is 137 g/mol. The van der Waals surface area contributed by atoms with Crippen LogP contribution in [0.5, 0.6) is 0 Å². The molecule has 0 spiro atoms. The molecule has 1 aliphatic rings. The van der Waals surface area contributed by atoms with Crippen LogP contribution in [0.3, 0.4) is 0 Å². The number of rotatable bonds is 0. The number of alkyl halides is 3. The van der Waals surface area contributed by atoms with Crippen molar-refractivity contribution in [3.8, 4) is 0 Å². The van der Waals surface area contributed by atoms with Gasteiger partial charge in [0, 0.05) is 6.54 Å². The van der Waals surface area contributed by atoms with Gasteiger partial charge in [-0.2, -0.15) is 13.2 Å². The Morgan fingerprint density at radius 3 is 2.44 bits per heavy atom. The zero-order chi connectivity index (χ0) is 6.91. The molecule has 51 valence electrons. The van der Waals surface area contributed by atoms with E-state index in [2.05, 4.69) is 16.5 Å². The standard InChI is InChI=1S/C4H4F3N2/c5-4(6,7)3-8-1-2-9-3/h3,8H,1H2. The van der Waals surface area contributed by atoms with Crippen LogP contribution in [0.1, 0.15) is 0 Å². The summed E-state index contributed by atoms with van der Waals surface area (Å²) in [7, 11) is 0. The van der Waals surface area contributed by atoms with Crippen LogP contribution >= 0.6 is 0 Å². The third kappa shape index (κ3) is 1.41. The van der Waals surface area contributed by atoms with Crippen molar-refractivity contribution < 1.29 is 13.2 Å². The molecule has 0 saturated carbocycles. The van der Waals surface area contributed by atoms with E-state index in [1.807, 2.05) is 0 Å². The number of halogens is 3. The Hall–Kier alpha value is -0.580. The van der Waals surface area contributed by atoms with Gasteiger partial charge in [0.05, 0.1) is 6.21 Å². The molecule has 1 rings (SSSR count). The Kier molecular flexibility index (Phi) is 1.44. The molecule has 1 unspecified atom stereocenters. The van der Waals surface area contributed by atoms with Crippen molar-refractivity contribution in [2.45, 2.75) is 12.3 Å². The lowest BCUT2D eigenvalue weighted by Gasteiger charge is -2.10. The highest BCUT2D eigenvalue weighted by Crippen LogP contribution is 2.21. The zero-order valence-corrected chi connectivity index (χ0v) is 4.37. The smallest absolute Gasteiger partial charge is 0.282 e. The van der Waals surface area contributed by atoms with Gasteiger partial charge in [-0.1, -0.05) is 0 Å². The van der Waals surface area contributed by atoms with E-state index in [9.17, 15) is 13.2 Å². The van der Waals surface area contributed by atoms with E-state index in [0.717, 1.165) is 0 Å². The molecule has 1 N–H and O–H groups in total. The fourth-order valence-electron chi connectivity index (χ4n) is 0.514. The summed E-state index contributed by atoms with van der Waals surface area (Å²) in [6, 6.07) is 0. The first-order chi connectivity index (χ1) is 4.11. The Labute approximate surface area is 49.8 Å². The van der Waals surface area contributed by atoms with Gasteiger partial charge in [-0.05, 0) is 0 Å². The molecule has 0 aliphatic carbocycles. The van der Waals surface area contributed by atoms with Gasteiger partial charge in [-0.25, -0.2) is 0 Å². The van der Waals surface area contributed by atoms with Crippen molar-refractivity contribution in [3.05, 3.63) is 0 Å². The average molecular weight is 137 g/mol. The SMILES string of the molecule is FC(F)(F)C1N=[C]CN1. The number of hydrogen-bond donors (Lipinski definition) is 1. The van der Waals surface area contributed by atoms with Crippen LogP contribution in [-0.4, -0.2) is 25.1 Å².